The first-order valence-electron chi connectivity index (χ1n) is 7.24. The monoisotopic (exact) mass is 271 g/mol. The third-order valence-electron chi connectivity index (χ3n) is 3.39. The van der Waals surface area contributed by atoms with Gasteiger partial charge in [-0.15, -0.1) is 0 Å². The molecule has 0 aliphatic carbocycles. The maximum Gasteiger partial charge on any atom is 0.0695 e. The summed E-state index contributed by atoms with van der Waals surface area (Å²) in [6.45, 7) is 11.8. The number of rotatable bonds is 4. The van der Waals surface area contributed by atoms with E-state index < -0.39 is 0 Å². The van der Waals surface area contributed by atoms with Gasteiger partial charge in [0.05, 0.1) is 11.9 Å². The van der Waals surface area contributed by atoms with Crippen molar-refractivity contribution in [1.82, 2.24) is 15.5 Å². The number of aromatic nitrogens is 2. The lowest BCUT2D eigenvalue weighted by Gasteiger charge is -2.20. The van der Waals surface area contributed by atoms with Crippen LogP contribution in [0, 0.1) is 0 Å². The zero-order valence-electron chi connectivity index (χ0n) is 13.1. The van der Waals surface area contributed by atoms with Crippen LogP contribution in [-0.4, -0.2) is 15.7 Å². The largest absolute Gasteiger partial charge is 0.308 e. The van der Waals surface area contributed by atoms with E-state index in [1.54, 1.807) is 0 Å². The van der Waals surface area contributed by atoms with Gasteiger partial charge in [-0.05, 0) is 37.8 Å². The summed E-state index contributed by atoms with van der Waals surface area (Å²) in [5.74, 6) is 0.563. The molecule has 0 radical (unpaired) electrons. The number of nitrogens with zero attached hydrogens (tertiary/aromatic N) is 1. The van der Waals surface area contributed by atoms with Gasteiger partial charge in [0.25, 0.3) is 0 Å². The van der Waals surface area contributed by atoms with E-state index in [0.717, 1.165) is 12.2 Å². The van der Waals surface area contributed by atoms with E-state index in [1.807, 2.05) is 6.20 Å². The van der Waals surface area contributed by atoms with Crippen LogP contribution >= 0.6 is 0 Å². The van der Waals surface area contributed by atoms with E-state index in [0.29, 0.717) is 5.92 Å². The predicted molar refractivity (Wildman–Crippen MR) is 84.7 cm³/mol. The smallest absolute Gasteiger partial charge is 0.0695 e. The van der Waals surface area contributed by atoms with E-state index in [1.165, 1.54) is 16.7 Å². The lowest BCUT2D eigenvalue weighted by atomic mass is 9.99. The van der Waals surface area contributed by atoms with Crippen molar-refractivity contribution in [1.29, 1.82) is 0 Å². The predicted octanol–water partition coefficient (Wildman–Crippen LogP) is 4.09. The van der Waals surface area contributed by atoms with Gasteiger partial charge in [-0.1, -0.05) is 38.1 Å². The Bertz CT molecular complexity index is 544. The Morgan fingerprint density at radius 1 is 1.15 bits per heavy atom. The van der Waals surface area contributed by atoms with Crippen molar-refractivity contribution in [2.45, 2.75) is 52.6 Å². The maximum atomic E-state index is 4.19. The second kappa shape index (κ2) is 5.80. The molecule has 0 aliphatic heterocycles. The molecular weight excluding hydrogens is 246 g/mol. The molecule has 2 N–H and O–H groups in total. The van der Waals surface area contributed by atoms with Gasteiger partial charge in [0.2, 0.25) is 0 Å². The van der Waals surface area contributed by atoms with Crippen LogP contribution in [-0.2, 0) is 6.54 Å². The topological polar surface area (TPSA) is 40.7 Å². The first kappa shape index (κ1) is 14.8. The van der Waals surface area contributed by atoms with Crippen LogP contribution in [0.25, 0.3) is 11.3 Å². The summed E-state index contributed by atoms with van der Waals surface area (Å²) < 4.78 is 0. The number of nitrogens with one attached hydrogen (secondary N) is 2. The Kier molecular flexibility index (Phi) is 4.29. The van der Waals surface area contributed by atoms with Gasteiger partial charge in [0, 0.05) is 17.6 Å². The minimum absolute atomic E-state index is 0.107. The van der Waals surface area contributed by atoms with Crippen molar-refractivity contribution < 1.29 is 0 Å². The van der Waals surface area contributed by atoms with E-state index in [4.69, 9.17) is 0 Å². The Balaban J connectivity index is 2.19. The van der Waals surface area contributed by atoms with Gasteiger partial charge in [-0.3, -0.25) is 5.10 Å². The van der Waals surface area contributed by atoms with Crippen LogP contribution in [0.15, 0.2) is 30.5 Å². The minimum Gasteiger partial charge on any atom is -0.308 e. The lowest BCUT2D eigenvalue weighted by Crippen LogP contribution is -2.35. The fourth-order valence-electron chi connectivity index (χ4n) is 2.09. The summed E-state index contributed by atoms with van der Waals surface area (Å²) in [6.07, 6.45) is 1.91. The standard InChI is InChI=1S/C17H25N3/c1-12(2)13-6-8-14(9-7-13)16-15(11-19-20-16)10-18-17(3,4)5/h6-9,11-12,18H,10H2,1-5H3,(H,19,20). The average Bonchev–Trinajstić information content (AvgIpc) is 2.84. The Hall–Kier alpha value is -1.61. The van der Waals surface area contributed by atoms with Gasteiger partial charge >= 0.3 is 0 Å². The van der Waals surface area contributed by atoms with Crippen molar-refractivity contribution in [3.63, 3.8) is 0 Å². The van der Waals surface area contributed by atoms with Crippen molar-refractivity contribution in [3.8, 4) is 11.3 Å². The van der Waals surface area contributed by atoms with Crippen LogP contribution in [0.3, 0.4) is 0 Å². The molecule has 0 atom stereocenters. The SMILES string of the molecule is CC(C)c1ccc(-c2[nH]ncc2CNC(C)(C)C)cc1. The first-order valence-corrected chi connectivity index (χ1v) is 7.24. The van der Waals surface area contributed by atoms with Crippen LogP contribution in [0.1, 0.15) is 51.7 Å². The minimum atomic E-state index is 0.107. The molecule has 0 aliphatic rings. The number of benzene rings is 1. The molecule has 0 saturated carbocycles. The molecule has 1 aromatic carbocycles. The number of aromatic amines is 1. The summed E-state index contributed by atoms with van der Waals surface area (Å²) in [6, 6.07) is 8.73. The van der Waals surface area contributed by atoms with E-state index in [9.17, 15) is 0 Å². The molecule has 1 aromatic heterocycles. The Labute approximate surface area is 121 Å². The molecule has 3 nitrogen and oxygen atoms in total. The average molecular weight is 271 g/mol. The molecule has 0 amide bonds. The quantitative estimate of drug-likeness (QED) is 0.879. The summed E-state index contributed by atoms with van der Waals surface area (Å²) in [5, 5.41) is 10.8. The van der Waals surface area contributed by atoms with Crippen molar-refractivity contribution in [2.24, 2.45) is 0 Å². The van der Waals surface area contributed by atoms with E-state index >= 15 is 0 Å². The van der Waals surface area contributed by atoms with Crippen LogP contribution < -0.4 is 5.32 Å². The Morgan fingerprint density at radius 3 is 2.35 bits per heavy atom. The maximum absolute atomic E-state index is 4.19. The number of hydrogen-bond donors (Lipinski definition) is 2. The molecule has 2 rings (SSSR count). The van der Waals surface area contributed by atoms with Crippen molar-refractivity contribution in [2.75, 3.05) is 0 Å². The molecule has 2 aromatic rings. The highest BCUT2D eigenvalue weighted by Gasteiger charge is 2.12. The summed E-state index contributed by atoms with van der Waals surface area (Å²) in [5.41, 5.74) is 4.98. The van der Waals surface area contributed by atoms with E-state index in [2.05, 4.69) is 74.4 Å². The summed E-state index contributed by atoms with van der Waals surface area (Å²) in [7, 11) is 0. The molecule has 1 heterocycles. The lowest BCUT2D eigenvalue weighted by molar-refractivity contribution is 0.424. The van der Waals surface area contributed by atoms with Gasteiger partial charge in [0.15, 0.2) is 0 Å². The number of hydrogen-bond acceptors (Lipinski definition) is 2. The molecule has 108 valence electrons. The highest BCUT2D eigenvalue weighted by molar-refractivity contribution is 5.63. The fourth-order valence-corrected chi connectivity index (χ4v) is 2.09. The molecule has 0 fully saturated rings. The van der Waals surface area contributed by atoms with Crippen LogP contribution in [0.2, 0.25) is 0 Å². The van der Waals surface area contributed by atoms with Crippen LogP contribution in [0.5, 0.6) is 0 Å². The van der Waals surface area contributed by atoms with Crippen LogP contribution in [0.4, 0.5) is 0 Å². The normalized spacial score (nSPS) is 12.1. The third-order valence-corrected chi connectivity index (χ3v) is 3.39. The molecule has 0 unspecified atom stereocenters. The zero-order chi connectivity index (χ0) is 14.8. The molecule has 0 bridgehead atoms. The molecule has 0 spiro atoms. The first-order chi connectivity index (χ1) is 9.37. The fraction of sp³-hybridized carbons (Fsp3) is 0.471. The second-order valence-electron chi connectivity index (χ2n) is 6.65. The Morgan fingerprint density at radius 2 is 1.80 bits per heavy atom. The van der Waals surface area contributed by atoms with Gasteiger partial charge in [0.1, 0.15) is 0 Å². The van der Waals surface area contributed by atoms with Gasteiger partial charge in [-0.2, -0.15) is 5.10 Å². The molecule has 20 heavy (non-hydrogen) atoms. The van der Waals surface area contributed by atoms with Crippen molar-refractivity contribution in [3.05, 3.63) is 41.6 Å². The van der Waals surface area contributed by atoms with Crippen molar-refractivity contribution >= 4 is 0 Å². The third kappa shape index (κ3) is 3.70. The summed E-state index contributed by atoms with van der Waals surface area (Å²) in [4.78, 5) is 0. The number of H-pyrrole nitrogens is 1. The highest BCUT2D eigenvalue weighted by atomic mass is 15.1. The molecular formula is C17H25N3. The zero-order valence-corrected chi connectivity index (χ0v) is 13.1. The van der Waals surface area contributed by atoms with Gasteiger partial charge < -0.3 is 5.32 Å². The summed E-state index contributed by atoms with van der Waals surface area (Å²) >= 11 is 0. The molecule has 3 heteroatoms. The van der Waals surface area contributed by atoms with E-state index in [-0.39, 0.29) is 5.54 Å². The second-order valence-corrected chi connectivity index (χ2v) is 6.65. The molecule has 0 saturated heterocycles. The highest BCUT2D eigenvalue weighted by Crippen LogP contribution is 2.24. The van der Waals surface area contributed by atoms with Gasteiger partial charge in [-0.25, -0.2) is 0 Å².